The molecule has 1 heterocycles. The third kappa shape index (κ3) is 3.14. The molecule has 2 N–H and O–H groups in total. The van der Waals surface area contributed by atoms with Gasteiger partial charge in [0.2, 0.25) is 0 Å². The van der Waals surface area contributed by atoms with Crippen LogP contribution in [0.15, 0.2) is 41.3 Å². The quantitative estimate of drug-likeness (QED) is 0.510. The molecule has 1 fully saturated rings. The fourth-order valence-electron chi connectivity index (χ4n) is 3.30. The Balaban J connectivity index is 1.70. The summed E-state index contributed by atoms with van der Waals surface area (Å²) in [5.74, 6) is 1.36. The van der Waals surface area contributed by atoms with E-state index in [-0.39, 0.29) is 4.90 Å². The summed E-state index contributed by atoms with van der Waals surface area (Å²) in [6.45, 7) is 1.53. The van der Waals surface area contributed by atoms with Crippen LogP contribution in [0.3, 0.4) is 0 Å². The molecule has 140 valence electrons. The number of rotatable bonds is 5. The van der Waals surface area contributed by atoms with E-state index in [0.29, 0.717) is 17.2 Å². The molecule has 0 saturated heterocycles. The highest BCUT2D eigenvalue weighted by Gasteiger charge is 2.28. The second-order valence-corrected chi connectivity index (χ2v) is 8.39. The van der Waals surface area contributed by atoms with E-state index in [0.717, 1.165) is 29.7 Å². The lowest BCUT2D eigenvalue weighted by molar-refractivity contribution is -0.387. The van der Waals surface area contributed by atoms with Gasteiger partial charge in [0.25, 0.3) is 15.7 Å². The summed E-state index contributed by atoms with van der Waals surface area (Å²) in [6, 6.07) is 9.18. The number of benzene rings is 2. The Bertz CT molecular complexity index is 1150. The molecule has 1 aliphatic carbocycles. The zero-order valence-corrected chi connectivity index (χ0v) is 15.4. The number of nitro benzene ring substituents is 1. The van der Waals surface area contributed by atoms with E-state index in [9.17, 15) is 18.5 Å². The van der Waals surface area contributed by atoms with Gasteiger partial charge in [-0.25, -0.2) is 13.4 Å². The standard InChI is InChI=1S/C18H18N4O4S/c1-11-4-2-7-16(22(23)24)17(11)27(25,26)21-13-8-9-14-15(10-13)20-18(19-14)12-5-3-6-12/h2,4,7-10,12,21H,3,5-6H2,1H3,(H,19,20). The van der Waals surface area contributed by atoms with E-state index in [1.165, 1.54) is 31.5 Å². The molecule has 4 rings (SSSR count). The largest absolute Gasteiger partial charge is 0.342 e. The smallest absolute Gasteiger partial charge is 0.290 e. The number of anilines is 1. The molecule has 9 heteroatoms. The maximum Gasteiger partial charge on any atom is 0.290 e. The monoisotopic (exact) mass is 386 g/mol. The van der Waals surface area contributed by atoms with Crippen molar-refractivity contribution in [3.05, 3.63) is 57.9 Å². The number of imidazole rings is 1. The number of sulfonamides is 1. The van der Waals surface area contributed by atoms with Gasteiger partial charge in [-0.2, -0.15) is 0 Å². The Morgan fingerprint density at radius 3 is 2.70 bits per heavy atom. The third-order valence-electron chi connectivity index (χ3n) is 4.90. The minimum Gasteiger partial charge on any atom is -0.342 e. The molecule has 1 aromatic heterocycles. The van der Waals surface area contributed by atoms with Crippen LogP contribution in [0.2, 0.25) is 0 Å². The molecule has 1 aliphatic rings. The number of H-pyrrole nitrogens is 1. The topological polar surface area (TPSA) is 118 Å². The molecule has 0 unspecified atom stereocenters. The number of nitrogens with one attached hydrogen (secondary N) is 2. The van der Waals surface area contributed by atoms with Crippen molar-refractivity contribution in [3.63, 3.8) is 0 Å². The molecule has 8 nitrogen and oxygen atoms in total. The van der Waals surface area contributed by atoms with E-state index >= 15 is 0 Å². The highest BCUT2D eigenvalue weighted by atomic mass is 32.2. The molecular weight excluding hydrogens is 368 g/mol. The Kier molecular flexibility index (Phi) is 4.11. The summed E-state index contributed by atoms with van der Waals surface area (Å²) < 4.78 is 28.1. The summed E-state index contributed by atoms with van der Waals surface area (Å²) in [5.41, 5.74) is 1.69. The summed E-state index contributed by atoms with van der Waals surface area (Å²) >= 11 is 0. The van der Waals surface area contributed by atoms with Crippen LogP contribution in [0, 0.1) is 17.0 Å². The average Bonchev–Trinajstić information content (AvgIpc) is 2.94. The van der Waals surface area contributed by atoms with Gasteiger partial charge in [-0.3, -0.25) is 14.8 Å². The second kappa shape index (κ2) is 6.34. The first-order valence-electron chi connectivity index (χ1n) is 8.61. The van der Waals surface area contributed by atoms with Gasteiger partial charge in [-0.05, 0) is 43.5 Å². The van der Waals surface area contributed by atoms with Crippen molar-refractivity contribution in [2.45, 2.75) is 37.0 Å². The van der Waals surface area contributed by atoms with Crippen molar-refractivity contribution in [3.8, 4) is 0 Å². The summed E-state index contributed by atoms with van der Waals surface area (Å²) in [5, 5.41) is 11.2. The SMILES string of the molecule is Cc1cccc([N+](=O)[O-])c1S(=O)(=O)Nc1ccc2nc(C3CCC3)[nH]c2c1. The van der Waals surface area contributed by atoms with E-state index in [1.54, 1.807) is 18.2 Å². The van der Waals surface area contributed by atoms with Crippen molar-refractivity contribution >= 4 is 32.4 Å². The summed E-state index contributed by atoms with van der Waals surface area (Å²) in [6.07, 6.45) is 3.41. The number of aryl methyl sites for hydroxylation is 1. The Hall–Kier alpha value is -2.94. The third-order valence-corrected chi connectivity index (χ3v) is 6.47. The van der Waals surface area contributed by atoms with Crippen LogP contribution in [0.4, 0.5) is 11.4 Å². The highest BCUT2D eigenvalue weighted by Crippen LogP contribution is 2.36. The van der Waals surface area contributed by atoms with Crippen LogP contribution in [0.25, 0.3) is 11.0 Å². The lowest BCUT2D eigenvalue weighted by atomic mass is 9.85. The van der Waals surface area contributed by atoms with Crippen LogP contribution in [0.1, 0.15) is 36.6 Å². The van der Waals surface area contributed by atoms with Gasteiger partial charge in [0.15, 0.2) is 4.90 Å². The fraction of sp³-hybridized carbons (Fsp3) is 0.278. The normalized spacial score (nSPS) is 14.9. The molecule has 0 bridgehead atoms. The summed E-state index contributed by atoms with van der Waals surface area (Å²) in [4.78, 5) is 18.0. The first-order chi connectivity index (χ1) is 12.8. The number of hydrogen-bond donors (Lipinski definition) is 2. The van der Waals surface area contributed by atoms with E-state index in [4.69, 9.17) is 0 Å². The molecule has 27 heavy (non-hydrogen) atoms. The molecule has 0 radical (unpaired) electrons. The first-order valence-corrected chi connectivity index (χ1v) is 10.1. The number of hydrogen-bond acceptors (Lipinski definition) is 5. The maximum absolute atomic E-state index is 12.8. The molecule has 3 aromatic rings. The number of nitrogens with zero attached hydrogens (tertiary/aromatic N) is 2. The van der Waals surface area contributed by atoms with E-state index in [1.807, 2.05) is 0 Å². The highest BCUT2D eigenvalue weighted by molar-refractivity contribution is 7.93. The lowest BCUT2D eigenvalue weighted by Gasteiger charge is -2.22. The van der Waals surface area contributed by atoms with Gasteiger partial charge in [-0.1, -0.05) is 18.6 Å². The van der Waals surface area contributed by atoms with Gasteiger partial charge in [-0.15, -0.1) is 0 Å². The van der Waals surface area contributed by atoms with E-state index in [2.05, 4.69) is 14.7 Å². The van der Waals surface area contributed by atoms with Gasteiger partial charge >= 0.3 is 0 Å². The van der Waals surface area contributed by atoms with Crippen molar-refractivity contribution in [1.29, 1.82) is 0 Å². The predicted molar refractivity (Wildman–Crippen MR) is 101 cm³/mol. The first kappa shape index (κ1) is 17.5. The van der Waals surface area contributed by atoms with Crippen LogP contribution in [0.5, 0.6) is 0 Å². The van der Waals surface area contributed by atoms with Gasteiger partial charge in [0.1, 0.15) is 5.82 Å². The summed E-state index contributed by atoms with van der Waals surface area (Å²) in [7, 11) is -4.12. The van der Waals surface area contributed by atoms with Crippen LogP contribution >= 0.6 is 0 Å². The number of nitro groups is 1. The lowest BCUT2D eigenvalue weighted by Crippen LogP contribution is -2.16. The number of aromatic nitrogens is 2. The molecule has 0 amide bonds. The molecule has 0 spiro atoms. The zero-order valence-electron chi connectivity index (χ0n) is 14.6. The molecule has 0 atom stereocenters. The zero-order chi connectivity index (χ0) is 19.2. The van der Waals surface area contributed by atoms with Crippen LogP contribution < -0.4 is 4.72 Å². The fourth-order valence-corrected chi connectivity index (χ4v) is 4.75. The Labute approximate surface area is 155 Å². The van der Waals surface area contributed by atoms with Crippen LogP contribution in [-0.2, 0) is 10.0 Å². The maximum atomic E-state index is 12.8. The minimum absolute atomic E-state index is 0.312. The number of aromatic amines is 1. The molecule has 0 aliphatic heterocycles. The molecular formula is C18H18N4O4S. The molecule has 2 aromatic carbocycles. The van der Waals surface area contributed by atoms with Crippen LogP contribution in [-0.4, -0.2) is 23.3 Å². The predicted octanol–water partition coefficient (Wildman–Crippen LogP) is 3.85. The number of fused-ring (bicyclic) bond motifs is 1. The van der Waals surface area contributed by atoms with Gasteiger partial charge in [0.05, 0.1) is 21.6 Å². The average molecular weight is 386 g/mol. The van der Waals surface area contributed by atoms with Gasteiger partial charge in [0, 0.05) is 12.0 Å². The molecule has 1 saturated carbocycles. The minimum atomic E-state index is -4.12. The van der Waals surface area contributed by atoms with E-state index < -0.39 is 20.6 Å². The van der Waals surface area contributed by atoms with Crippen molar-refractivity contribution in [2.24, 2.45) is 0 Å². The van der Waals surface area contributed by atoms with Crippen molar-refractivity contribution < 1.29 is 13.3 Å². The van der Waals surface area contributed by atoms with Crippen molar-refractivity contribution in [1.82, 2.24) is 9.97 Å². The Morgan fingerprint density at radius 1 is 1.26 bits per heavy atom. The van der Waals surface area contributed by atoms with Gasteiger partial charge < -0.3 is 4.98 Å². The Morgan fingerprint density at radius 2 is 2.04 bits per heavy atom. The van der Waals surface area contributed by atoms with Crippen molar-refractivity contribution in [2.75, 3.05) is 4.72 Å². The second-order valence-electron chi connectivity index (χ2n) is 6.77.